The Hall–Kier alpha value is -1.30. The third-order valence-corrected chi connectivity index (χ3v) is 7.74. The van der Waals surface area contributed by atoms with Crippen LogP contribution < -0.4 is 5.32 Å². The maximum absolute atomic E-state index is 12.9. The monoisotopic (exact) mass is 483 g/mol. The molecule has 0 radical (unpaired) electrons. The molecule has 0 spiro atoms. The van der Waals surface area contributed by atoms with Gasteiger partial charge in [-0.1, -0.05) is 42.5 Å². The molecule has 7 heteroatoms. The van der Waals surface area contributed by atoms with Gasteiger partial charge in [0, 0.05) is 5.92 Å². The minimum absolute atomic E-state index is 0.128. The standard InChI is InChI=1S/C25H35Cl2NO4/c1-24(2,16-8-6-5-7-9-16)31-22(29)18-14-21(27)19(15-20(18)26)23(30)32-25(3,4)17-10-12-28-13-11-17/h14-17,28H,5-13H2,1-4H3. The Bertz CT molecular complexity index is 771. The molecule has 32 heavy (non-hydrogen) atoms. The summed E-state index contributed by atoms with van der Waals surface area (Å²) >= 11 is 12.8. The molecule has 3 rings (SSSR count). The number of piperidine rings is 1. The average molecular weight is 484 g/mol. The van der Waals surface area contributed by atoms with Crippen molar-refractivity contribution in [2.45, 2.75) is 83.8 Å². The van der Waals surface area contributed by atoms with Crippen molar-refractivity contribution in [3.05, 3.63) is 33.3 Å². The van der Waals surface area contributed by atoms with Crippen molar-refractivity contribution in [2.75, 3.05) is 13.1 Å². The number of hydrogen-bond donors (Lipinski definition) is 1. The van der Waals surface area contributed by atoms with E-state index in [1.54, 1.807) is 0 Å². The van der Waals surface area contributed by atoms with Gasteiger partial charge in [-0.05, 0) is 84.5 Å². The second-order valence-electron chi connectivity index (χ2n) is 10.2. The van der Waals surface area contributed by atoms with Crippen LogP contribution in [0.5, 0.6) is 0 Å². The number of nitrogens with one attached hydrogen (secondary N) is 1. The zero-order valence-corrected chi connectivity index (χ0v) is 21.1. The third-order valence-electron chi connectivity index (χ3n) is 7.12. The number of benzene rings is 1. The summed E-state index contributed by atoms with van der Waals surface area (Å²) in [5.41, 5.74) is -0.906. The summed E-state index contributed by atoms with van der Waals surface area (Å²) < 4.78 is 11.7. The van der Waals surface area contributed by atoms with Gasteiger partial charge in [0.05, 0.1) is 21.2 Å². The molecule has 1 aromatic rings. The lowest BCUT2D eigenvalue weighted by Crippen LogP contribution is -2.42. The van der Waals surface area contributed by atoms with E-state index < -0.39 is 23.1 Å². The van der Waals surface area contributed by atoms with Gasteiger partial charge in [-0.25, -0.2) is 9.59 Å². The smallest absolute Gasteiger partial charge is 0.340 e. The van der Waals surface area contributed by atoms with E-state index >= 15 is 0 Å². The molecule has 5 nitrogen and oxygen atoms in total. The molecule has 0 unspecified atom stereocenters. The molecule has 1 aliphatic heterocycles. The number of esters is 2. The summed E-state index contributed by atoms with van der Waals surface area (Å²) in [5, 5.41) is 3.58. The Kier molecular flexibility index (Phi) is 8.16. The lowest BCUT2D eigenvalue weighted by Gasteiger charge is -2.37. The van der Waals surface area contributed by atoms with Crippen LogP contribution >= 0.6 is 23.2 Å². The topological polar surface area (TPSA) is 64.6 Å². The Morgan fingerprint density at radius 2 is 1.19 bits per heavy atom. The van der Waals surface area contributed by atoms with E-state index in [1.807, 2.05) is 27.7 Å². The molecule has 0 atom stereocenters. The maximum Gasteiger partial charge on any atom is 0.340 e. The molecule has 1 aromatic carbocycles. The summed E-state index contributed by atoms with van der Waals surface area (Å²) in [5.74, 6) is -0.482. The van der Waals surface area contributed by atoms with Gasteiger partial charge in [-0.15, -0.1) is 0 Å². The van der Waals surface area contributed by atoms with Gasteiger partial charge in [-0.3, -0.25) is 0 Å². The van der Waals surface area contributed by atoms with Gasteiger partial charge in [0.2, 0.25) is 0 Å². The molecule has 0 amide bonds. The molecule has 0 bridgehead atoms. The molecule has 2 fully saturated rings. The van der Waals surface area contributed by atoms with Crippen LogP contribution in [0.3, 0.4) is 0 Å². The normalized spacial score (nSPS) is 18.9. The molecule has 2 aliphatic rings. The Balaban J connectivity index is 1.72. The van der Waals surface area contributed by atoms with Crippen molar-refractivity contribution in [3.63, 3.8) is 0 Å². The lowest BCUT2D eigenvalue weighted by atomic mass is 9.79. The SMILES string of the molecule is CC(C)(OC(=O)c1cc(Cl)c(C(=O)OC(C)(C)C2CCNCC2)cc1Cl)C1CCCCC1. The summed E-state index contributed by atoms with van der Waals surface area (Å²) in [7, 11) is 0. The average Bonchev–Trinajstić information content (AvgIpc) is 2.75. The quantitative estimate of drug-likeness (QED) is 0.471. The highest BCUT2D eigenvalue weighted by atomic mass is 35.5. The predicted octanol–water partition coefficient (Wildman–Crippen LogP) is 6.44. The van der Waals surface area contributed by atoms with E-state index in [0.717, 1.165) is 51.6 Å². The molecule has 1 saturated heterocycles. The minimum Gasteiger partial charge on any atom is -0.456 e. The predicted molar refractivity (Wildman–Crippen MR) is 128 cm³/mol. The number of carbonyl (C=O) groups excluding carboxylic acids is 2. The van der Waals surface area contributed by atoms with Crippen LogP contribution in [0.25, 0.3) is 0 Å². The van der Waals surface area contributed by atoms with E-state index in [9.17, 15) is 9.59 Å². The maximum atomic E-state index is 12.9. The number of carbonyl (C=O) groups is 2. The van der Waals surface area contributed by atoms with Gasteiger partial charge in [0.1, 0.15) is 11.2 Å². The van der Waals surface area contributed by atoms with E-state index in [0.29, 0.717) is 5.92 Å². The summed E-state index contributed by atoms with van der Waals surface area (Å²) in [6, 6.07) is 2.83. The summed E-state index contributed by atoms with van der Waals surface area (Å²) in [6.45, 7) is 9.57. The van der Waals surface area contributed by atoms with E-state index in [1.165, 1.54) is 18.6 Å². The van der Waals surface area contributed by atoms with Crippen molar-refractivity contribution in [3.8, 4) is 0 Å². The van der Waals surface area contributed by atoms with Crippen LogP contribution in [0.1, 0.15) is 93.4 Å². The first-order valence-corrected chi connectivity index (χ1v) is 12.4. The summed E-state index contributed by atoms with van der Waals surface area (Å²) in [6.07, 6.45) is 7.52. The highest BCUT2D eigenvalue weighted by Crippen LogP contribution is 2.37. The first kappa shape index (κ1) is 25.3. The van der Waals surface area contributed by atoms with Crippen LogP contribution in [0.15, 0.2) is 12.1 Å². The van der Waals surface area contributed by atoms with Gasteiger partial charge >= 0.3 is 11.9 Å². The third kappa shape index (κ3) is 5.98. The van der Waals surface area contributed by atoms with Gasteiger partial charge in [-0.2, -0.15) is 0 Å². The van der Waals surface area contributed by atoms with Crippen LogP contribution in [0.2, 0.25) is 10.0 Å². The lowest BCUT2D eigenvalue weighted by molar-refractivity contribution is -0.0391. The largest absolute Gasteiger partial charge is 0.456 e. The van der Waals surface area contributed by atoms with Crippen LogP contribution in [0.4, 0.5) is 0 Å². The van der Waals surface area contributed by atoms with Crippen LogP contribution in [0, 0.1) is 11.8 Å². The van der Waals surface area contributed by atoms with Gasteiger partial charge < -0.3 is 14.8 Å². The molecular formula is C25H35Cl2NO4. The van der Waals surface area contributed by atoms with Crippen LogP contribution in [-0.2, 0) is 9.47 Å². The van der Waals surface area contributed by atoms with Crippen LogP contribution in [-0.4, -0.2) is 36.2 Å². The molecule has 178 valence electrons. The molecule has 1 N–H and O–H groups in total. The Labute approximate surface area is 201 Å². The Morgan fingerprint density at radius 3 is 1.62 bits per heavy atom. The van der Waals surface area contributed by atoms with Crippen molar-refractivity contribution in [1.82, 2.24) is 5.32 Å². The van der Waals surface area contributed by atoms with Gasteiger partial charge in [0.25, 0.3) is 0 Å². The zero-order valence-electron chi connectivity index (χ0n) is 19.6. The van der Waals surface area contributed by atoms with Crippen molar-refractivity contribution < 1.29 is 19.1 Å². The minimum atomic E-state index is -0.628. The summed E-state index contributed by atoms with van der Waals surface area (Å²) in [4.78, 5) is 25.8. The fraction of sp³-hybridized carbons (Fsp3) is 0.680. The Morgan fingerprint density at radius 1 is 0.781 bits per heavy atom. The molecule has 1 aliphatic carbocycles. The van der Waals surface area contributed by atoms with Gasteiger partial charge in [0.15, 0.2) is 0 Å². The number of halogens is 2. The second kappa shape index (κ2) is 10.3. The first-order valence-electron chi connectivity index (χ1n) is 11.7. The zero-order chi connectivity index (χ0) is 23.5. The molecule has 1 saturated carbocycles. The second-order valence-corrected chi connectivity index (χ2v) is 11.0. The van der Waals surface area contributed by atoms with E-state index in [-0.39, 0.29) is 27.1 Å². The number of rotatable bonds is 6. The van der Waals surface area contributed by atoms with Crippen molar-refractivity contribution in [1.29, 1.82) is 0 Å². The molecular weight excluding hydrogens is 449 g/mol. The van der Waals surface area contributed by atoms with E-state index in [4.69, 9.17) is 32.7 Å². The van der Waals surface area contributed by atoms with Crippen molar-refractivity contribution in [2.24, 2.45) is 11.8 Å². The highest BCUT2D eigenvalue weighted by Gasteiger charge is 2.37. The fourth-order valence-electron chi connectivity index (χ4n) is 4.93. The van der Waals surface area contributed by atoms with Crippen molar-refractivity contribution >= 4 is 35.1 Å². The van der Waals surface area contributed by atoms with E-state index in [2.05, 4.69) is 5.32 Å². The number of hydrogen-bond acceptors (Lipinski definition) is 5. The fourth-order valence-corrected chi connectivity index (χ4v) is 5.41. The highest BCUT2D eigenvalue weighted by molar-refractivity contribution is 6.37. The molecule has 0 aromatic heterocycles. The molecule has 1 heterocycles. The first-order chi connectivity index (χ1) is 15.0. The number of ether oxygens (including phenoxy) is 2.